The van der Waals surface area contributed by atoms with Gasteiger partial charge < -0.3 is 20.5 Å². The van der Waals surface area contributed by atoms with Crippen molar-refractivity contribution in [1.82, 2.24) is 10.6 Å². The smallest absolute Gasteiger partial charge is 0.407 e. The minimum absolute atomic E-state index is 0.00501. The third-order valence-corrected chi connectivity index (χ3v) is 6.35. The molecule has 2 aliphatic carbocycles. The largest absolute Gasteiger partial charge is 0.481 e. The van der Waals surface area contributed by atoms with E-state index in [-0.39, 0.29) is 31.0 Å². The zero-order valence-electron chi connectivity index (χ0n) is 18.3. The summed E-state index contributed by atoms with van der Waals surface area (Å²) in [7, 11) is 0. The van der Waals surface area contributed by atoms with Crippen molar-refractivity contribution < 1.29 is 24.2 Å². The second-order valence-electron chi connectivity index (χ2n) is 8.52. The summed E-state index contributed by atoms with van der Waals surface area (Å²) in [5, 5.41) is 14.6. The molecule has 2 unspecified atom stereocenters. The molecule has 0 aromatic heterocycles. The topological polar surface area (TPSA) is 105 Å². The van der Waals surface area contributed by atoms with Gasteiger partial charge in [-0.2, -0.15) is 0 Å². The highest BCUT2D eigenvalue weighted by Crippen LogP contribution is 2.44. The van der Waals surface area contributed by atoms with Crippen molar-refractivity contribution in [3.05, 3.63) is 71.8 Å². The summed E-state index contributed by atoms with van der Waals surface area (Å²) < 4.78 is 5.46. The molecule has 2 aliphatic rings. The highest BCUT2D eigenvalue weighted by atomic mass is 16.5. The molecule has 0 spiro atoms. The highest BCUT2D eigenvalue weighted by Gasteiger charge is 2.29. The van der Waals surface area contributed by atoms with E-state index in [2.05, 4.69) is 34.9 Å². The van der Waals surface area contributed by atoms with Gasteiger partial charge in [-0.3, -0.25) is 9.59 Å². The number of amides is 2. The SMILES string of the molecule is O=C(/C=C/CNC(=O)OCC1c2ccccc2-c2ccccc21)NC1CCCC(C(=O)O)C1. The van der Waals surface area contributed by atoms with Crippen molar-refractivity contribution in [1.29, 1.82) is 0 Å². The Balaban J connectivity index is 1.22. The van der Waals surface area contributed by atoms with E-state index in [1.54, 1.807) is 6.08 Å². The van der Waals surface area contributed by atoms with Gasteiger partial charge in [0.15, 0.2) is 0 Å². The van der Waals surface area contributed by atoms with Crippen LogP contribution >= 0.6 is 0 Å². The molecule has 1 fully saturated rings. The van der Waals surface area contributed by atoms with Gasteiger partial charge in [0.2, 0.25) is 5.91 Å². The molecule has 1 saturated carbocycles. The van der Waals surface area contributed by atoms with Crippen LogP contribution in [0.4, 0.5) is 4.79 Å². The van der Waals surface area contributed by atoms with Gasteiger partial charge in [0, 0.05) is 24.6 Å². The molecule has 0 saturated heterocycles. The second kappa shape index (κ2) is 10.3. The van der Waals surface area contributed by atoms with Crippen LogP contribution in [0.3, 0.4) is 0 Å². The summed E-state index contributed by atoms with van der Waals surface area (Å²) in [5.74, 6) is -1.50. The maximum absolute atomic E-state index is 12.2. The monoisotopic (exact) mass is 448 g/mol. The molecule has 3 N–H and O–H groups in total. The third kappa shape index (κ3) is 5.42. The molecule has 0 bridgehead atoms. The first kappa shape index (κ1) is 22.6. The van der Waals surface area contributed by atoms with E-state index >= 15 is 0 Å². The molecule has 7 heteroatoms. The Bertz CT molecular complexity index is 1020. The number of fused-ring (bicyclic) bond motifs is 3. The molecule has 4 rings (SSSR count). The average Bonchev–Trinajstić information content (AvgIpc) is 3.14. The summed E-state index contributed by atoms with van der Waals surface area (Å²) >= 11 is 0. The molecular weight excluding hydrogens is 420 g/mol. The third-order valence-electron chi connectivity index (χ3n) is 6.35. The number of rotatable bonds is 7. The van der Waals surface area contributed by atoms with Crippen molar-refractivity contribution in [2.75, 3.05) is 13.2 Å². The number of carboxylic acid groups (broad SMARTS) is 1. The number of carboxylic acids is 1. The van der Waals surface area contributed by atoms with Gasteiger partial charge in [-0.25, -0.2) is 4.79 Å². The number of benzene rings is 2. The van der Waals surface area contributed by atoms with Gasteiger partial charge >= 0.3 is 12.1 Å². The fourth-order valence-corrected chi connectivity index (χ4v) is 4.75. The average molecular weight is 449 g/mol. The van der Waals surface area contributed by atoms with Gasteiger partial charge in [-0.15, -0.1) is 0 Å². The standard InChI is InChI=1S/C26H28N2O5/c29-24(28-18-8-5-7-17(15-18)25(30)31)13-6-14-27-26(32)33-16-23-21-11-3-1-9-19(21)20-10-2-4-12-22(20)23/h1-4,6,9-13,17-18,23H,5,7-8,14-16H2,(H,27,32)(H,28,29)(H,30,31)/b13-6+. The van der Waals surface area contributed by atoms with Gasteiger partial charge in [0.25, 0.3) is 0 Å². The van der Waals surface area contributed by atoms with Gasteiger partial charge in [-0.05, 0) is 41.5 Å². The van der Waals surface area contributed by atoms with E-state index in [9.17, 15) is 14.4 Å². The first-order valence-electron chi connectivity index (χ1n) is 11.3. The van der Waals surface area contributed by atoms with Crippen LogP contribution in [-0.2, 0) is 14.3 Å². The van der Waals surface area contributed by atoms with E-state index in [1.165, 1.54) is 17.2 Å². The molecule has 2 atom stereocenters. The molecule has 2 amide bonds. The van der Waals surface area contributed by atoms with Crippen LogP contribution in [0, 0.1) is 5.92 Å². The van der Waals surface area contributed by atoms with Crippen LogP contribution < -0.4 is 10.6 Å². The maximum atomic E-state index is 12.2. The number of carbonyl (C=O) groups excluding carboxylic acids is 2. The quantitative estimate of drug-likeness (QED) is 0.558. The molecular formula is C26H28N2O5. The molecule has 172 valence electrons. The molecule has 0 aliphatic heterocycles. The molecule has 0 radical (unpaired) electrons. The Morgan fingerprint density at radius 2 is 1.67 bits per heavy atom. The number of hydrogen-bond acceptors (Lipinski definition) is 4. The number of hydrogen-bond donors (Lipinski definition) is 3. The lowest BCUT2D eigenvalue weighted by atomic mass is 9.86. The molecule has 0 heterocycles. The normalized spacial score (nSPS) is 19.5. The van der Waals surface area contributed by atoms with Crippen molar-refractivity contribution in [3.8, 4) is 11.1 Å². The zero-order valence-corrected chi connectivity index (χ0v) is 18.3. The van der Waals surface area contributed by atoms with Gasteiger partial charge in [-0.1, -0.05) is 61.0 Å². The van der Waals surface area contributed by atoms with Crippen molar-refractivity contribution in [2.24, 2.45) is 5.92 Å². The van der Waals surface area contributed by atoms with E-state index in [4.69, 9.17) is 9.84 Å². The highest BCUT2D eigenvalue weighted by molar-refractivity contribution is 5.88. The number of nitrogens with one attached hydrogen (secondary N) is 2. The van der Waals surface area contributed by atoms with E-state index in [0.717, 1.165) is 24.0 Å². The van der Waals surface area contributed by atoms with Crippen LogP contribution in [0.2, 0.25) is 0 Å². The Hall–Kier alpha value is -3.61. The first-order valence-corrected chi connectivity index (χ1v) is 11.3. The lowest BCUT2D eigenvalue weighted by Crippen LogP contribution is -2.39. The number of alkyl carbamates (subject to hydrolysis) is 1. The molecule has 33 heavy (non-hydrogen) atoms. The summed E-state index contributed by atoms with van der Waals surface area (Å²) in [4.78, 5) is 35.4. The van der Waals surface area contributed by atoms with Gasteiger partial charge in [0.05, 0.1) is 5.92 Å². The number of ether oxygens (including phenoxy) is 1. The molecule has 7 nitrogen and oxygen atoms in total. The summed E-state index contributed by atoms with van der Waals surface area (Å²) in [6, 6.07) is 16.2. The maximum Gasteiger partial charge on any atom is 0.407 e. The predicted octanol–water partition coefficient (Wildman–Crippen LogP) is 3.84. The Morgan fingerprint density at radius 3 is 2.33 bits per heavy atom. The van der Waals surface area contributed by atoms with Crippen LogP contribution in [0.1, 0.15) is 42.7 Å². The molecule has 2 aromatic rings. The minimum atomic E-state index is -0.809. The van der Waals surface area contributed by atoms with Crippen molar-refractivity contribution >= 4 is 18.0 Å². The second-order valence-corrected chi connectivity index (χ2v) is 8.52. The number of aliphatic carboxylic acids is 1. The fraction of sp³-hybridized carbons (Fsp3) is 0.346. The number of carbonyl (C=O) groups is 3. The van der Waals surface area contributed by atoms with Crippen molar-refractivity contribution in [2.45, 2.75) is 37.6 Å². The first-order chi connectivity index (χ1) is 16.0. The van der Waals surface area contributed by atoms with Gasteiger partial charge in [0.1, 0.15) is 6.61 Å². The Labute approximate surface area is 192 Å². The summed E-state index contributed by atoms with van der Waals surface area (Å²) in [6.07, 6.45) is 5.03. The van der Waals surface area contributed by atoms with Crippen molar-refractivity contribution in [3.63, 3.8) is 0 Å². The summed E-state index contributed by atoms with van der Waals surface area (Å²) in [6.45, 7) is 0.392. The van der Waals surface area contributed by atoms with E-state index < -0.39 is 18.0 Å². The van der Waals surface area contributed by atoms with E-state index in [0.29, 0.717) is 12.8 Å². The van der Waals surface area contributed by atoms with Crippen LogP contribution in [0.25, 0.3) is 11.1 Å². The minimum Gasteiger partial charge on any atom is -0.481 e. The predicted molar refractivity (Wildman–Crippen MR) is 124 cm³/mol. The lowest BCUT2D eigenvalue weighted by Gasteiger charge is -2.26. The molecule has 2 aromatic carbocycles. The lowest BCUT2D eigenvalue weighted by molar-refractivity contribution is -0.143. The zero-order chi connectivity index (χ0) is 23.2. The van der Waals surface area contributed by atoms with Crippen LogP contribution in [-0.4, -0.2) is 42.3 Å². The Kier molecular flexibility index (Phi) is 7.07. The summed E-state index contributed by atoms with van der Waals surface area (Å²) in [5.41, 5.74) is 4.64. The Morgan fingerprint density at radius 1 is 1.00 bits per heavy atom. The van der Waals surface area contributed by atoms with Crippen LogP contribution in [0.15, 0.2) is 60.7 Å². The van der Waals surface area contributed by atoms with Crippen LogP contribution in [0.5, 0.6) is 0 Å². The van der Waals surface area contributed by atoms with E-state index in [1.807, 2.05) is 24.3 Å². The fourth-order valence-electron chi connectivity index (χ4n) is 4.75.